The van der Waals surface area contributed by atoms with Crippen molar-refractivity contribution in [2.75, 3.05) is 22.4 Å². The van der Waals surface area contributed by atoms with Gasteiger partial charge in [0.2, 0.25) is 25.9 Å². The van der Waals surface area contributed by atoms with Crippen molar-refractivity contribution in [2.45, 2.75) is 37.1 Å². The van der Waals surface area contributed by atoms with E-state index in [9.17, 15) is 16.8 Å². The molecule has 1 aromatic heterocycles. The third-order valence-electron chi connectivity index (χ3n) is 5.52. The molecule has 0 saturated carbocycles. The van der Waals surface area contributed by atoms with Crippen LogP contribution in [0.5, 0.6) is 0 Å². The molecular weight excluding hydrogens is 466 g/mol. The average molecular weight is 492 g/mol. The molecule has 0 amide bonds. The summed E-state index contributed by atoms with van der Waals surface area (Å²) in [7, 11) is -7.31. The van der Waals surface area contributed by atoms with Crippen molar-refractivity contribution >= 4 is 31.4 Å². The standard InChI is InChI=1S/C21H25N5O5S2/c1-14-5-3-4-12-26(14)19-11-8-16(13-18(19)25-32(2,27)28)21-23-20(24-31-21)15-6-9-17(10-7-15)33(22,29)30/h6-11,13-14,25H,3-5,12H2,1-2H3,(H2,22,29,30). The largest absolute Gasteiger partial charge is 0.367 e. The number of benzene rings is 2. The summed E-state index contributed by atoms with van der Waals surface area (Å²) in [6.45, 7) is 2.97. The maximum atomic E-state index is 12.0. The summed E-state index contributed by atoms with van der Waals surface area (Å²) in [6.07, 6.45) is 4.34. The van der Waals surface area contributed by atoms with Gasteiger partial charge in [-0.1, -0.05) is 5.16 Å². The van der Waals surface area contributed by atoms with E-state index in [0.717, 1.165) is 37.8 Å². The Balaban J connectivity index is 1.68. The summed E-state index contributed by atoms with van der Waals surface area (Å²) in [5.41, 5.74) is 2.34. The van der Waals surface area contributed by atoms with Gasteiger partial charge in [-0.2, -0.15) is 4.98 Å². The fraction of sp³-hybridized carbons (Fsp3) is 0.333. The number of nitrogens with zero attached hydrogens (tertiary/aromatic N) is 3. The molecule has 10 nitrogen and oxygen atoms in total. The number of nitrogens with two attached hydrogens (primary N) is 1. The van der Waals surface area contributed by atoms with Gasteiger partial charge >= 0.3 is 0 Å². The Labute approximate surface area is 192 Å². The second-order valence-corrected chi connectivity index (χ2v) is 11.4. The number of piperidine rings is 1. The molecular formula is C21H25N5O5S2. The molecule has 1 saturated heterocycles. The molecule has 12 heteroatoms. The second-order valence-electron chi connectivity index (χ2n) is 8.14. The van der Waals surface area contributed by atoms with Gasteiger partial charge < -0.3 is 9.42 Å². The minimum atomic E-state index is -3.80. The van der Waals surface area contributed by atoms with E-state index in [0.29, 0.717) is 22.9 Å². The van der Waals surface area contributed by atoms with Crippen LogP contribution in [-0.4, -0.2) is 45.8 Å². The summed E-state index contributed by atoms with van der Waals surface area (Å²) < 4.78 is 54.9. The fourth-order valence-corrected chi connectivity index (χ4v) is 4.99. The number of hydrogen-bond acceptors (Lipinski definition) is 8. The van der Waals surface area contributed by atoms with E-state index >= 15 is 0 Å². The monoisotopic (exact) mass is 491 g/mol. The van der Waals surface area contributed by atoms with Crippen molar-refractivity contribution in [1.82, 2.24) is 10.1 Å². The first-order chi connectivity index (χ1) is 15.5. The molecule has 1 fully saturated rings. The van der Waals surface area contributed by atoms with Crippen LogP contribution in [0.25, 0.3) is 22.8 Å². The van der Waals surface area contributed by atoms with Gasteiger partial charge in [-0.25, -0.2) is 22.0 Å². The molecule has 1 unspecified atom stereocenters. The fourth-order valence-electron chi connectivity index (χ4n) is 3.91. The number of sulfonamides is 2. The number of nitrogens with one attached hydrogen (secondary N) is 1. The first kappa shape index (κ1) is 23.2. The minimum absolute atomic E-state index is 0.0195. The van der Waals surface area contributed by atoms with Gasteiger partial charge in [0.25, 0.3) is 5.89 Å². The van der Waals surface area contributed by atoms with Crippen LogP contribution in [0.3, 0.4) is 0 Å². The Bertz CT molecular complexity index is 1370. The highest BCUT2D eigenvalue weighted by molar-refractivity contribution is 7.92. The molecule has 1 aliphatic rings. The van der Waals surface area contributed by atoms with Crippen LogP contribution in [0.4, 0.5) is 11.4 Å². The Morgan fingerprint density at radius 1 is 1.06 bits per heavy atom. The average Bonchev–Trinajstić information content (AvgIpc) is 3.23. The number of primary sulfonamides is 1. The van der Waals surface area contributed by atoms with E-state index in [1.165, 1.54) is 24.3 Å². The number of aromatic nitrogens is 2. The molecule has 4 rings (SSSR count). The van der Waals surface area contributed by atoms with Crippen molar-refractivity contribution in [3.8, 4) is 22.8 Å². The van der Waals surface area contributed by atoms with Gasteiger partial charge in [-0.05, 0) is 68.7 Å². The third-order valence-corrected chi connectivity index (χ3v) is 7.04. The van der Waals surface area contributed by atoms with Crippen LogP contribution in [0, 0.1) is 0 Å². The van der Waals surface area contributed by atoms with Crippen molar-refractivity contribution in [3.63, 3.8) is 0 Å². The maximum absolute atomic E-state index is 12.0. The molecule has 0 spiro atoms. The molecule has 3 N–H and O–H groups in total. The van der Waals surface area contributed by atoms with Crippen LogP contribution < -0.4 is 14.8 Å². The summed E-state index contributed by atoms with van der Waals surface area (Å²) in [5.74, 6) is 0.465. The van der Waals surface area contributed by atoms with Gasteiger partial charge in [-0.15, -0.1) is 0 Å². The van der Waals surface area contributed by atoms with E-state index in [4.69, 9.17) is 9.66 Å². The van der Waals surface area contributed by atoms with Crippen molar-refractivity contribution in [3.05, 3.63) is 42.5 Å². The molecule has 33 heavy (non-hydrogen) atoms. The van der Waals surface area contributed by atoms with Crippen LogP contribution in [0.2, 0.25) is 0 Å². The maximum Gasteiger partial charge on any atom is 0.258 e. The summed E-state index contributed by atoms with van der Waals surface area (Å²) >= 11 is 0. The minimum Gasteiger partial charge on any atom is -0.367 e. The van der Waals surface area contributed by atoms with Gasteiger partial charge in [0.1, 0.15) is 0 Å². The van der Waals surface area contributed by atoms with E-state index in [-0.39, 0.29) is 16.6 Å². The van der Waals surface area contributed by atoms with E-state index in [1.807, 2.05) is 12.1 Å². The second kappa shape index (κ2) is 8.76. The van der Waals surface area contributed by atoms with Crippen molar-refractivity contribution in [1.29, 1.82) is 0 Å². The Morgan fingerprint density at radius 2 is 1.76 bits per heavy atom. The normalized spacial score (nSPS) is 17.2. The number of anilines is 2. The summed E-state index contributed by atoms with van der Waals surface area (Å²) in [4.78, 5) is 6.57. The topological polar surface area (TPSA) is 148 Å². The highest BCUT2D eigenvalue weighted by Crippen LogP contribution is 2.35. The highest BCUT2D eigenvalue weighted by Gasteiger charge is 2.23. The lowest BCUT2D eigenvalue weighted by Gasteiger charge is -2.36. The van der Waals surface area contributed by atoms with Gasteiger partial charge in [0.15, 0.2) is 0 Å². The van der Waals surface area contributed by atoms with E-state index in [2.05, 4.69) is 26.7 Å². The quantitative estimate of drug-likeness (QED) is 0.535. The zero-order valence-corrected chi connectivity index (χ0v) is 19.9. The molecule has 0 aliphatic carbocycles. The molecule has 2 heterocycles. The molecule has 0 bridgehead atoms. The van der Waals surface area contributed by atoms with Gasteiger partial charge in [-0.3, -0.25) is 4.72 Å². The summed E-state index contributed by atoms with van der Waals surface area (Å²) in [6, 6.07) is 11.4. The lowest BCUT2D eigenvalue weighted by atomic mass is 10.0. The number of hydrogen-bond donors (Lipinski definition) is 2. The van der Waals surface area contributed by atoms with E-state index in [1.54, 1.807) is 6.07 Å². The SMILES string of the molecule is CC1CCCCN1c1ccc(-c2nc(-c3ccc(S(N)(=O)=O)cc3)no2)cc1NS(C)(=O)=O. The van der Waals surface area contributed by atoms with Crippen LogP contribution >= 0.6 is 0 Å². The third kappa shape index (κ3) is 5.34. The van der Waals surface area contributed by atoms with Gasteiger partial charge in [0.05, 0.1) is 22.5 Å². The first-order valence-electron chi connectivity index (χ1n) is 10.4. The summed E-state index contributed by atoms with van der Waals surface area (Å²) in [5, 5.41) is 9.10. The zero-order valence-electron chi connectivity index (χ0n) is 18.2. The molecule has 3 aromatic rings. The van der Waals surface area contributed by atoms with Gasteiger partial charge in [0, 0.05) is 23.7 Å². The highest BCUT2D eigenvalue weighted by atomic mass is 32.2. The Morgan fingerprint density at radius 3 is 2.39 bits per heavy atom. The van der Waals surface area contributed by atoms with Crippen LogP contribution in [0.15, 0.2) is 51.9 Å². The van der Waals surface area contributed by atoms with E-state index < -0.39 is 20.0 Å². The van der Waals surface area contributed by atoms with Crippen LogP contribution in [-0.2, 0) is 20.0 Å². The Kier molecular flexibility index (Phi) is 6.16. The predicted octanol–water partition coefficient (Wildman–Crippen LogP) is 2.80. The molecule has 0 radical (unpaired) electrons. The first-order valence-corrected chi connectivity index (χ1v) is 13.8. The Hall–Kier alpha value is -2.96. The molecule has 176 valence electrons. The van der Waals surface area contributed by atoms with Crippen molar-refractivity contribution in [2.24, 2.45) is 5.14 Å². The lowest BCUT2D eigenvalue weighted by Crippen LogP contribution is -2.38. The number of rotatable bonds is 6. The zero-order chi connectivity index (χ0) is 23.8. The molecule has 2 aromatic carbocycles. The smallest absolute Gasteiger partial charge is 0.258 e. The predicted molar refractivity (Wildman–Crippen MR) is 126 cm³/mol. The van der Waals surface area contributed by atoms with Crippen molar-refractivity contribution < 1.29 is 21.4 Å². The van der Waals surface area contributed by atoms with Crippen LogP contribution in [0.1, 0.15) is 26.2 Å². The molecule has 1 atom stereocenters. The molecule has 1 aliphatic heterocycles. The lowest BCUT2D eigenvalue weighted by molar-refractivity contribution is 0.432.